The van der Waals surface area contributed by atoms with Gasteiger partial charge in [-0.2, -0.15) is 0 Å². The molecule has 1 aliphatic heterocycles. The van der Waals surface area contributed by atoms with Gasteiger partial charge in [0.15, 0.2) is 0 Å². The minimum absolute atomic E-state index is 0.113. The van der Waals surface area contributed by atoms with Gasteiger partial charge in [-0.1, -0.05) is 42.5 Å². The van der Waals surface area contributed by atoms with Crippen molar-refractivity contribution >= 4 is 29.3 Å². The number of carbonyl (C=O) groups is 4. The van der Waals surface area contributed by atoms with Crippen molar-refractivity contribution in [2.45, 2.75) is 25.0 Å². The van der Waals surface area contributed by atoms with Gasteiger partial charge in [0.2, 0.25) is 6.10 Å². The van der Waals surface area contributed by atoms with Crippen molar-refractivity contribution in [3.05, 3.63) is 65.7 Å². The highest BCUT2D eigenvalue weighted by atomic mass is 16.5. The Balaban J connectivity index is 1.51. The molecule has 2 aromatic carbocycles. The number of Topliss-reactive ketones (excluding diaryl/α,β-unsaturated/α-hetero) is 1. The molecule has 2 aliphatic rings. The Morgan fingerprint density at radius 2 is 1.71 bits per heavy atom. The molecule has 142 valence electrons. The van der Waals surface area contributed by atoms with Crippen molar-refractivity contribution in [3.8, 4) is 0 Å². The number of ketones is 1. The summed E-state index contributed by atoms with van der Waals surface area (Å²) in [7, 11) is 0. The van der Waals surface area contributed by atoms with Crippen LogP contribution in [0.5, 0.6) is 0 Å². The van der Waals surface area contributed by atoms with Crippen LogP contribution in [-0.4, -0.2) is 36.2 Å². The summed E-state index contributed by atoms with van der Waals surface area (Å²) in [4.78, 5) is 50.5. The lowest BCUT2D eigenvalue weighted by atomic mass is 10.1. The van der Waals surface area contributed by atoms with E-state index in [1.54, 1.807) is 48.5 Å². The molecule has 0 spiro atoms. The molecule has 7 heteroatoms. The zero-order valence-electron chi connectivity index (χ0n) is 15.0. The molecular weight excluding hydrogens is 360 g/mol. The zero-order chi connectivity index (χ0) is 19.7. The number of nitrogens with zero attached hydrogens (tertiary/aromatic N) is 1. The second kappa shape index (κ2) is 7.26. The maximum absolute atomic E-state index is 12.6. The van der Waals surface area contributed by atoms with Crippen LogP contribution in [0.15, 0.2) is 54.6 Å². The normalized spacial score (nSPS) is 16.5. The van der Waals surface area contributed by atoms with E-state index in [-0.39, 0.29) is 11.6 Å². The van der Waals surface area contributed by atoms with Crippen LogP contribution in [0.3, 0.4) is 0 Å². The first-order valence-corrected chi connectivity index (χ1v) is 9.04. The second-order valence-corrected chi connectivity index (χ2v) is 6.80. The summed E-state index contributed by atoms with van der Waals surface area (Å²) in [5.41, 5.74) is 1.16. The van der Waals surface area contributed by atoms with E-state index < -0.39 is 36.2 Å². The largest absolute Gasteiger partial charge is 0.446 e. The van der Waals surface area contributed by atoms with E-state index >= 15 is 0 Å². The number of anilines is 1. The highest BCUT2D eigenvalue weighted by Gasteiger charge is 2.38. The number of fused-ring (bicyclic) bond motifs is 1. The van der Waals surface area contributed by atoms with E-state index in [4.69, 9.17) is 4.74 Å². The number of esters is 1. The SMILES string of the molecule is O=C(CN1C(=O)C(=O)c2ccccc21)O[C@H](C(=O)NC1CC1)c1ccccc1. The number of ether oxygens (including phenoxy) is 1. The molecule has 1 atom stereocenters. The van der Waals surface area contributed by atoms with Gasteiger partial charge in [0.1, 0.15) is 6.54 Å². The summed E-state index contributed by atoms with van der Waals surface area (Å²) in [6.45, 7) is -0.443. The lowest BCUT2D eigenvalue weighted by Crippen LogP contribution is -2.38. The number of benzene rings is 2. The van der Waals surface area contributed by atoms with Gasteiger partial charge >= 0.3 is 5.97 Å². The molecule has 0 saturated heterocycles. The molecule has 0 unspecified atom stereocenters. The fourth-order valence-electron chi connectivity index (χ4n) is 3.11. The number of rotatable bonds is 6. The van der Waals surface area contributed by atoms with Crippen molar-refractivity contribution in [2.75, 3.05) is 11.4 Å². The Bertz CT molecular complexity index is 952. The van der Waals surface area contributed by atoms with Gasteiger partial charge in [0.25, 0.3) is 17.6 Å². The minimum atomic E-state index is -1.11. The Kier molecular flexibility index (Phi) is 4.65. The average Bonchev–Trinajstić information content (AvgIpc) is 3.50. The number of para-hydroxylation sites is 1. The first kappa shape index (κ1) is 17.9. The highest BCUT2D eigenvalue weighted by molar-refractivity contribution is 6.52. The van der Waals surface area contributed by atoms with Gasteiger partial charge in [-0.3, -0.25) is 24.1 Å². The molecule has 0 bridgehead atoms. The molecule has 1 N–H and O–H groups in total. The lowest BCUT2D eigenvalue weighted by Gasteiger charge is -2.20. The summed E-state index contributed by atoms with van der Waals surface area (Å²) >= 11 is 0. The molecule has 4 rings (SSSR count). The first-order valence-electron chi connectivity index (χ1n) is 9.04. The lowest BCUT2D eigenvalue weighted by molar-refractivity contribution is -0.155. The van der Waals surface area contributed by atoms with Gasteiger partial charge in [-0.05, 0) is 25.0 Å². The molecule has 1 heterocycles. The fourth-order valence-corrected chi connectivity index (χ4v) is 3.11. The predicted octanol–water partition coefficient (Wildman–Crippen LogP) is 1.78. The molecule has 7 nitrogen and oxygen atoms in total. The van der Waals surface area contributed by atoms with E-state index in [0.717, 1.165) is 17.7 Å². The van der Waals surface area contributed by atoms with E-state index in [2.05, 4.69) is 5.32 Å². The smallest absolute Gasteiger partial charge is 0.327 e. The molecule has 1 fully saturated rings. The van der Waals surface area contributed by atoms with Crippen LogP contribution in [0.2, 0.25) is 0 Å². The molecule has 0 aromatic heterocycles. The van der Waals surface area contributed by atoms with Crippen LogP contribution in [0, 0.1) is 0 Å². The standard InChI is InChI=1S/C21H18N2O5/c24-17(12-23-16-9-5-4-8-15(16)18(25)21(23)27)28-19(13-6-2-1-3-7-13)20(26)22-14-10-11-14/h1-9,14,19H,10-12H2,(H,22,26)/t19-/m0/s1. The molecule has 1 saturated carbocycles. The summed E-state index contributed by atoms with van der Waals surface area (Å²) in [6.07, 6.45) is 0.697. The molecule has 28 heavy (non-hydrogen) atoms. The van der Waals surface area contributed by atoms with E-state index in [1.165, 1.54) is 6.07 Å². The Morgan fingerprint density at radius 1 is 1.04 bits per heavy atom. The van der Waals surface area contributed by atoms with E-state index in [9.17, 15) is 19.2 Å². The summed E-state index contributed by atoms with van der Waals surface area (Å²) in [6, 6.07) is 15.3. The quantitative estimate of drug-likeness (QED) is 0.611. The monoisotopic (exact) mass is 378 g/mol. The van der Waals surface area contributed by atoms with E-state index in [1.807, 2.05) is 0 Å². The minimum Gasteiger partial charge on any atom is -0.446 e. The fraction of sp³-hybridized carbons (Fsp3) is 0.238. The highest BCUT2D eigenvalue weighted by Crippen LogP contribution is 2.29. The number of carbonyl (C=O) groups excluding carboxylic acids is 4. The third kappa shape index (κ3) is 3.51. The van der Waals surface area contributed by atoms with Crippen molar-refractivity contribution in [1.82, 2.24) is 5.32 Å². The van der Waals surface area contributed by atoms with Crippen molar-refractivity contribution < 1.29 is 23.9 Å². The van der Waals surface area contributed by atoms with Gasteiger partial charge < -0.3 is 10.1 Å². The number of amides is 2. The van der Waals surface area contributed by atoms with Crippen LogP contribution in [0.25, 0.3) is 0 Å². The second-order valence-electron chi connectivity index (χ2n) is 6.80. The Hall–Kier alpha value is -3.48. The van der Waals surface area contributed by atoms with Crippen LogP contribution < -0.4 is 10.2 Å². The van der Waals surface area contributed by atoms with Gasteiger partial charge in [0, 0.05) is 11.6 Å². The number of hydrogen-bond donors (Lipinski definition) is 1. The summed E-state index contributed by atoms with van der Waals surface area (Å²) in [5.74, 6) is -2.60. The van der Waals surface area contributed by atoms with Gasteiger partial charge in [-0.25, -0.2) is 0 Å². The van der Waals surface area contributed by atoms with Gasteiger partial charge in [-0.15, -0.1) is 0 Å². The number of hydrogen-bond acceptors (Lipinski definition) is 5. The molecule has 0 radical (unpaired) electrons. The van der Waals surface area contributed by atoms with Crippen molar-refractivity contribution in [2.24, 2.45) is 0 Å². The topological polar surface area (TPSA) is 92.8 Å². The maximum atomic E-state index is 12.6. The molecule has 2 amide bonds. The zero-order valence-corrected chi connectivity index (χ0v) is 15.0. The van der Waals surface area contributed by atoms with Gasteiger partial charge in [0.05, 0.1) is 11.3 Å². The Morgan fingerprint density at radius 3 is 2.43 bits per heavy atom. The van der Waals surface area contributed by atoms with Crippen molar-refractivity contribution in [3.63, 3.8) is 0 Å². The number of nitrogens with one attached hydrogen (secondary N) is 1. The maximum Gasteiger partial charge on any atom is 0.327 e. The van der Waals surface area contributed by atoms with Crippen molar-refractivity contribution in [1.29, 1.82) is 0 Å². The third-order valence-corrected chi connectivity index (χ3v) is 4.68. The predicted molar refractivity (Wildman–Crippen MR) is 99.6 cm³/mol. The first-order chi connectivity index (χ1) is 13.5. The third-order valence-electron chi connectivity index (χ3n) is 4.68. The Labute approximate surface area is 161 Å². The summed E-state index contributed by atoms with van der Waals surface area (Å²) in [5, 5.41) is 2.83. The molecule has 2 aromatic rings. The van der Waals surface area contributed by atoms with Crippen LogP contribution in [0.4, 0.5) is 5.69 Å². The van der Waals surface area contributed by atoms with Crippen LogP contribution in [0.1, 0.15) is 34.9 Å². The van der Waals surface area contributed by atoms with E-state index in [0.29, 0.717) is 11.3 Å². The summed E-state index contributed by atoms with van der Waals surface area (Å²) < 4.78 is 5.43. The van der Waals surface area contributed by atoms with Crippen LogP contribution >= 0.6 is 0 Å². The van der Waals surface area contributed by atoms with Crippen LogP contribution in [-0.2, 0) is 19.1 Å². The average molecular weight is 378 g/mol. The molecule has 1 aliphatic carbocycles. The molecular formula is C21H18N2O5.